The van der Waals surface area contributed by atoms with Gasteiger partial charge in [0, 0.05) is 17.7 Å². The molecule has 1 amide bonds. The lowest BCUT2D eigenvalue weighted by Crippen LogP contribution is -2.33. The maximum atomic E-state index is 12.8. The lowest BCUT2D eigenvalue weighted by molar-refractivity contribution is -0.118. The number of amides is 1. The lowest BCUT2D eigenvalue weighted by atomic mass is 10.1. The Morgan fingerprint density at radius 1 is 1.10 bits per heavy atom. The van der Waals surface area contributed by atoms with Crippen LogP contribution in [0.2, 0.25) is 0 Å². The third kappa shape index (κ3) is 3.87. The number of aryl methyl sites for hydroxylation is 2. The van der Waals surface area contributed by atoms with E-state index in [-0.39, 0.29) is 18.1 Å². The van der Waals surface area contributed by atoms with Crippen molar-refractivity contribution in [1.82, 2.24) is 4.98 Å². The highest BCUT2D eigenvalue weighted by Gasteiger charge is 2.34. The van der Waals surface area contributed by atoms with Gasteiger partial charge in [-0.05, 0) is 51.1 Å². The highest BCUT2D eigenvalue weighted by atomic mass is 16.4. The second kappa shape index (κ2) is 7.94. The molecular formula is C23H22N4O3. The van der Waals surface area contributed by atoms with Gasteiger partial charge in [-0.3, -0.25) is 14.6 Å². The van der Waals surface area contributed by atoms with E-state index in [0.717, 1.165) is 22.7 Å². The first-order valence-electron chi connectivity index (χ1n) is 9.70. The summed E-state index contributed by atoms with van der Waals surface area (Å²) in [6.07, 6.45) is 0.258. The quantitative estimate of drug-likeness (QED) is 0.694. The van der Waals surface area contributed by atoms with Crippen molar-refractivity contribution in [3.63, 3.8) is 0 Å². The number of para-hydroxylation sites is 1. The second-order valence-electron chi connectivity index (χ2n) is 7.25. The van der Waals surface area contributed by atoms with Crippen molar-refractivity contribution in [2.24, 2.45) is 5.10 Å². The van der Waals surface area contributed by atoms with Crippen molar-refractivity contribution in [2.45, 2.75) is 33.2 Å². The summed E-state index contributed by atoms with van der Waals surface area (Å²) in [5.41, 5.74) is 3.29. The predicted molar refractivity (Wildman–Crippen MR) is 115 cm³/mol. The summed E-state index contributed by atoms with van der Waals surface area (Å²) in [6.45, 7) is 5.26. The maximum Gasteiger partial charge on any atom is 0.271 e. The van der Waals surface area contributed by atoms with Crippen LogP contribution in [0.15, 0.2) is 64.1 Å². The highest BCUT2D eigenvalue weighted by molar-refractivity contribution is 6.44. The molecule has 4 rings (SSSR count). The number of nitrogens with zero attached hydrogens (tertiary/aromatic N) is 3. The molecular weight excluding hydrogens is 380 g/mol. The van der Waals surface area contributed by atoms with Crippen molar-refractivity contribution >= 4 is 28.8 Å². The highest BCUT2D eigenvalue weighted by Crippen LogP contribution is 2.27. The van der Waals surface area contributed by atoms with Gasteiger partial charge in [-0.2, -0.15) is 5.10 Å². The van der Waals surface area contributed by atoms with Gasteiger partial charge in [-0.15, -0.1) is 0 Å². The zero-order valence-corrected chi connectivity index (χ0v) is 17.0. The Morgan fingerprint density at radius 2 is 1.87 bits per heavy atom. The molecule has 0 saturated heterocycles. The van der Waals surface area contributed by atoms with E-state index in [4.69, 9.17) is 4.42 Å². The number of benzene rings is 2. The van der Waals surface area contributed by atoms with Crippen molar-refractivity contribution < 1.29 is 14.0 Å². The smallest absolute Gasteiger partial charge is 0.271 e. The Balaban J connectivity index is 1.55. The van der Waals surface area contributed by atoms with Crippen LogP contribution in [0.3, 0.4) is 0 Å². The molecule has 30 heavy (non-hydrogen) atoms. The number of hydrogen-bond acceptors (Lipinski definition) is 6. The minimum Gasteiger partial charge on any atom is -0.441 e. The summed E-state index contributed by atoms with van der Waals surface area (Å²) in [6, 6.07) is 16.2. The number of carbonyl (C=O) groups excluding carboxylic acids is 2. The van der Waals surface area contributed by atoms with Crippen molar-refractivity contribution in [2.75, 3.05) is 10.3 Å². The SMILES string of the molecule is CC(=O)C1CC(C(=O)Nc2cccc(-c3nc(C)c(C)o3)c2)=NN1c1ccccc1. The molecule has 1 atom stereocenters. The van der Waals surface area contributed by atoms with Crippen LogP contribution >= 0.6 is 0 Å². The predicted octanol–water partition coefficient (Wildman–Crippen LogP) is 4.12. The number of rotatable bonds is 5. The molecule has 7 heteroatoms. The van der Waals surface area contributed by atoms with Crippen LogP contribution in [-0.2, 0) is 9.59 Å². The molecule has 2 aromatic carbocycles. The Labute approximate surface area is 174 Å². The minimum absolute atomic E-state index is 0.0398. The number of nitrogens with one attached hydrogen (secondary N) is 1. The van der Waals surface area contributed by atoms with Crippen LogP contribution in [0, 0.1) is 13.8 Å². The molecule has 0 bridgehead atoms. The molecule has 1 aromatic heterocycles. The Bertz CT molecular complexity index is 1110. The fraction of sp³-hybridized carbons (Fsp3) is 0.217. The van der Waals surface area contributed by atoms with E-state index >= 15 is 0 Å². The number of ketones is 1. The van der Waals surface area contributed by atoms with E-state index in [0.29, 0.717) is 17.3 Å². The first kappa shape index (κ1) is 19.6. The molecule has 1 N–H and O–H groups in total. The molecule has 0 fully saturated rings. The number of aromatic nitrogens is 1. The molecule has 7 nitrogen and oxygen atoms in total. The maximum absolute atomic E-state index is 12.8. The van der Waals surface area contributed by atoms with Crippen LogP contribution in [0.4, 0.5) is 11.4 Å². The van der Waals surface area contributed by atoms with Gasteiger partial charge < -0.3 is 9.73 Å². The Kier molecular flexibility index (Phi) is 5.18. The monoisotopic (exact) mass is 402 g/mol. The number of hydrazone groups is 1. The van der Waals surface area contributed by atoms with E-state index in [2.05, 4.69) is 15.4 Å². The number of oxazole rings is 1. The van der Waals surface area contributed by atoms with Gasteiger partial charge in [0.1, 0.15) is 17.5 Å². The first-order chi connectivity index (χ1) is 14.4. The van der Waals surface area contributed by atoms with Gasteiger partial charge in [0.05, 0.1) is 11.4 Å². The molecule has 0 saturated carbocycles. The van der Waals surface area contributed by atoms with E-state index in [1.165, 1.54) is 6.92 Å². The summed E-state index contributed by atoms with van der Waals surface area (Å²) in [4.78, 5) is 29.4. The van der Waals surface area contributed by atoms with E-state index in [1.54, 1.807) is 17.1 Å². The van der Waals surface area contributed by atoms with Crippen molar-refractivity contribution in [3.8, 4) is 11.5 Å². The summed E-state index contributed by atoms with van der Waals surface area (Å²) in [5.74, 6) is 0.890. The molecule has 0 spiro atoms. The van der Waals surface area contributed by atoms with E-state index in [9.17, 15) is 9.59 Å². The van der Waals surface area contributed by atoms with Gasteiger partial charge >= 0.3 is 0 Å². The van der Waals surface area contributed by atoms with Crippen LogP contribution in [-0.4, -0.2) is 28.4 Å². The van der Waals surface area contributed by atoms with Gasteiger partial charge in [0.15, 0.2) is 5.78 Å². The summed E-state index contributed by atoms with van der Waals surface area (Å²) >= 11 is 0. The lowest BCUT2D eigenvalue weighted by Gasteiger charge is -2.20. The zero-order valence-electron chi connectivity index (χ0n) is 17.0. The molecule has 1 aliphatic heterocycles. The molecule has 152 valence electrons. The van der Waals surface area contributed by atoms with Crippen LogP contribution in [0.1, 0.15) is 24.8 Å². The average Bonchev–Trinajstić information content (AvgIpc) is 3.33. The molecule has 1 unspecified atom stereocenters. The molecule has 2 heterocycles. The number of anilines is 2. The van der Waals surface area contributed by atoms with Gasteiger partial charge in [0.25, 0.3) is 5.91 Å². The Morgan fingerprint density at radius 3 is 2.53 bits per heavy atom. The summed E-state index contributed by atoms with van der Waals surface area (Å²) in [7, 11) is 0. The number of carbonyl (C=O) groups is 2. The van der Waals surface area contributed by atoms with Gasteiger partial charge in [-0.1, -0.05) is 24.3 Å². The van der Waals surface area contributed by atoms with Crippen LogP contribution in [0.25, 0.3) is 11.5 Å². The normalized spacial score (nSPS) is 15.8. The van der Waals surface area contributed by atoms with Crippen molar-refractivity contribution in [3.05, 3.63) is 66.1 Å². The van der Waals surface area contributed by atoms with E-state index < -0.39 is 6.04 Å². The van der Waals surface area contributed by atoms with Crippen LogP contribution < -0.4 is 10.3 Å². The third-order valence-corrected chi connectivity index (χ3v) is 5.06. The zero-order chi connectivity index (χ0) is 21.3. The molecule has 0 radical (unpaired) electrons. The summed E-state index contributed by atoms with van der Waals surface area (Å²) in [5, 5.41) is 8.93. The topological polar surface area (TPSA) is 87.8 Å². The van der Waals surface area contributed by atoms with Gasteiger partial charge in [-0.25, -0.2) is 4.98 Å². The van der Waals surface area contributed by atoms with E-state index in [1.807, 2.05) is 56.3 Å². The van der Waals surface area contributed by atoms with Crippen LogP contribution in [0.5, 0.6) is 0 Å². The number of hydrogen-bond donors (Lipinski definition) is 1. The average molecular weight is 402 g/mol. The molecule has 0 aliphatic carbocycles. The second-order valence-corrected chi connectivity index (χ2v) is 7.25. The molecule has 1 aliphatic rings. The Hall–Kier alpha value is -3.74. The molecule has 3 aromatic rings. The number of Topliss-reactive ketones (excluding diaryl/α,β-unsaturated/α-hetero) is 1. The van der Waals surface area contributed by atoms with Gasteiger partial charge in [0.2, 0.25) is 5.89 Å². The minimum atomic E-state index is -0.488. The first-order valence-corrected chi connectivity index (χ1v) is 9.70. The largest absolute Gasteiger partial charge is 0.441 e. The third-order valence-electron chi connectivity index (χ3n) is 5.06. The summed E-state index contributed by atoms with van der Waals surface area (Å²) < 4.78 is 5.67. The fourth-order valence-corrected chi connectivity index (χ4v) is 3.31. The van der Waals surface area contributed by atoms with Crippen molar-refractivity contribution in [1.29, 1.82) is 0 Å². The standard InChI is InChI=1S/C23H22N4O3/c1-14-16(3)30-23(24-14)17-8-7-9-18(12-17)25-22(29)20-13-21(15(2)28)27(26-20)19-10-5-4-6-11-19/h4-12,21H,13H2,1-3H3,(H,25,29). The fourth-order valence-electron chi connectivity index (χ4n) is 3.31.